The van der Waals surface area contributed by atoms with Crippen LogP contribution in [-0.2, 0) is 0 Å². The van der Waals surface area contributed by atoms with Gasteiger partial charge in [0.15, 0.2) is 0 Å². The van der Waals surface area contributed by atoms with Crippen molar-refractivity contribution in [3.05, 3.63) is 16.5 Å². The van der Waals surface area contributed by atoms with E-state index in [4.69, 9.17) is 4.98 Å². The van der Waals surface area contributed by atoms with Crippen LogP contribution in [0, 0.1) is 0 Å². The van der Waals surface area contributed by atoms with Crippen LogP contribution in [-0.4, -0.2) is 47.1 Å². The van der Waals surface area contributed by atoms with E-state index < -0.39 is 0 Å². The van der Waals surface area contributed by atoms with E-state index in [2.05, 4.69) is 58.4 Å². The molecule has 19 heavy (non-hydrogen) atoms. The second-order valence-corrected chi connectivity index (χ2v) is 6.30. The molecule has 0 radical (unpaired) electrons. The lowest BCUT2D eigenvalue weighted by Crippen LogP contribution is -2.52. The van der Waals surface area contributed by atoms with Crippen LogP contribution in [0.2, 0.25) is 0 Å². The minimum atomic E-state index is 0.352. The maximum atomic E-state index is 4.71. The van der Waals surface area contributed by atoms with E-state index in [-0.39, 0.29) is 0 Å². The Morgan fingerprint density at radius 2 is 2.11 bits per heavy atom. The average molecular weight is 327 g/mol. The molecule has 1 atom stereocenters. The molecule has 1 fully saturated rings. The molecule has 0 N–H and O–H groups in total. The van der Waals surface area contributed by atoms with Crippen molar-refractivity contribution in [2.45, 2.75) is 39.7 Å². The Hall–Kier alpha value is -0.680. The van der Waals surface area contributed by atoms with Crippen LogP contribution in [0.5, 0.6) is 0 Å². The molecule has 1 aliphatic heterocycles. The Balaban J connectivity index is 2.18. The molecule has 1 aromatic rings. The highest BCUT2D eigenvalue weighted by atomic mass is 79.9. The van der Waals surface area contributed by atoms with Gasteiger partial charge in [-0.25, -0.2) is 9.97 Å². The molecule has 1 saturated heterocycles. The summed E-state index contributed by atoms with van der Waals surface area (Å²) in [6.07, 6.45) is 0. The minimum Gasteiger partial charge on any atom is -0.354 e. The second-order valence-electron chi connectivity index (χ2n) is 5.49. The molecule has 0 spiro atoms. The van der Waals surface area contributed by atoms with Crippen molar-refractivity contribution in [2.24, 2.45) is 0 Å². The molecule has 0 bridgehead atoms. The van der Waals surface area contributed by atoms with Crippen molar-refractivity contribution in [1.29, 1.82) is 0 Å². The van der Waals surface area contributed by atoms with E-state index in [1.54, 1.807) is 0 Å². The van der Waals surface area contributed by atoms with Gasteiger partial charge in [-0.05, 0) is 29.4 Å². The first-order valence-corrected chi connectivity index (χ1v) is 7.84. The highest BCUT2D eigenvalue weighted by Gasteiger charge is 2.24. The van der Waals surface area contributed by atoms with E-state index in [1.165, 1.54) is 0 Å². The van der Waals surface area contributed by atoms with Gasteiger partial charge in [0.05, 0.1) is 0 Å². The van der Waals surface area contributed by atoms with Crippen LogP contribution in [0.25, 0.3) is 0 Å². The van der Waals surface area contributed by atoms with Gasteiger partial charge in [-0.2, -0.15) is 0 Å². The van der Waals surface area contributed by atoms with Crippen LogP contribution in [0.15, 0.2) is 10.7 Å². The summed E-state index contributed by atoms with van der Waals surface area (Å²) < 4.78 is 0.881. The maximum absolute atomic E-state index is 4.71. The highest BCUT2D eigenvalue weighted by molar-refractivity contribution is 9.10. The van der Waals surface area contributed by atoms with Gasteiger partial charge in [-0.3, -0.25) is 4.90 Å². The molecule has 0 amide bonds. The number of aromatic nitrogens is 2. The van der Waals surface area contributed by atoms with Crippen molar-refractivity contribution in [3.8, 4) is 0 Å². The Kier molecular flexibility index (Phi) is 4.79. The Bertz CT molecular complexity index is 435. The normalized spacial score (nSPS) is 21.2. The van der Waals surface area contributed by atoms with E-state index in [0.717, 1.165) is 42.4 Å². The highest BCUT2D eigenvalue weighted by Crippen LogP contribution is 2.22. The molecule has 0 aromatic carbocycles. The first-order valence-electron chi connectivity index (χ1n) is 7.04. The van der Waals surface area contributed by atoms with Crippen molar-refractivity contribution in [1.82, 2.24) is 14.9 Å². The van der Waals surface area contributed by atoms with Crippen LogP contribution >= 0.6 is 15.9 Å². The van der Waals surface area contributed by atoms with Gasteiger partial charge in [0, 0.05) is 37.7 Å². The van der Waals surface area contributed by atoms with Gasteiger partial charge in [-0.15, -0.1) is 0 Å². The number of likely N-dealkylation sites (N-methyl/N-ethyl adjacent to an activating group) is 1. The van der Waals surface area contributed by atoms with Crippen molar-refractivity contribution in [3.63, 3.8) is 0 Å². The van der Waals surface area contributed by atoms with Crippen molar-refractivity contribution >= 4 is 21.7 Å². The van der Waals surface area contributed by atoms with E-state index in [0.29, 0.717) is 12.0 Å². The molecular weight excluding hydrogens is 304 g/mol. The lowest BCUT2D eigenvalue weighted by Gasteiger charge is -2.40. The SMILES string of the molecule is CCN1CCN(c2cc(Br)nc(C(C)C)n2)CC1C. The summed E-state index contributed by atoms with van der Waals surface area (Å²) in [5.74, 6) is 2.31. The Morgan fingerprint density at radius 1 is 1.37 bits per heavy atom. The summed E-state index contributed by atoms with van der Waals surface area (Å²) in [7, 11) is 0. The fraction of sp³-hybridized carbons (Fsp3) is 0.714. The predicted octanol–water partition coefficient (Wildman–Crippen LogP) is 2.89. The third kappa shape index (κ3) is 3.45. The topological polar surface area (TPSA) is 32.3 Å². The number of piperazine rings is 1. The summed E-state index contributed by atoms with van der Waals surface area (Å²) in [4.78, 5) is 14.0. The number of anilines is 1. The van der Waals surface area contributed by atoms with Gasteiger partial charge < -0.3 is 4.90 Å². The smallest absolute Gasteiger partial charge is 0.134 e. The van der Waals surface area contributed by atoms with Crippen LogP contribution in [0.4, 0.5) is 5.82 Å². The van der Waals surface area contributed by atoms with Crippen LogP contribution < -0.4 is 4.90 Å². The average Bonchev–Trinajstić information content (AvgIpc) is 2.37. The fourth-order valence-corrected chi connectivity index (χ4v) is 2.90. The minimum absolute atomic E-state index is 0.352. The molecule has 1 unspecified atom stereocenters. The lowest BCUT2D eigenvalue weighted by atomic mass is 10.2. The molecule has 1 aromatic heterocycles. The molecular formula is C14H23BrN4. The Labute approximate surface area is 124 Å². The molecule has 5 heteroatoms. The van der Waals surface area contributed by atoms with Gasteiger partial charge in [0.1, 0.15) is 16.2 Å². The summed E-state index contributed by atoms with van der Waals surface area (Å²) in [5, 5.41) is 0. The number of hydrogen-bond donors (Lipinski definition) is 0. The van der Waals surface area contributed by atoms with Crippen LogP contribution in [0.3, 0.4) is 0 Å². The maximum Gasteiger partial charge on any atom is 0.134 e. The second kappa shape index (κ2) is 6.18. The fourth-order valence-electron chi connectivity index (χ4n) is 2.52. The van der Waals surface area contributed by atoms with Gasteiger partial charge >= 0.3 is 0 Å². The lowest BCUT2D eigenvalue weighted by molar-refractivity contribution is 0.199. The summed E-state index contributed by atoms with van der Waals surface area (Å²) >= 11 is 3.50. The molecule has 4 nitrogen and oxygen atoms in total. The van der Waals surface area contributed by atoms with E-state index in [1.807, 2.05) is 6.07 Å². The summed E-state index contributed by atoms with van der Waals surface area (Å²) in [6, 6.07) is 2.61. The van der Waals surface area contributed by atoms with Crippen molar-refractivity contribution in [2.75, 3.05) is 31.1 Å². The van der Waals surface area contributed by atoms with Crippen LogP contribution in [0.1, 0.15) is 39.4 Å². The molecule has 2 heterocycles. The standard InChI is InChI=1S/C14H23BrN4/c1-5-18-6-7-19(9-11(18)4)13-8-12(15)16-14(17-13)10(2)3/h8,10-11H,5-7,9H2,1-4H3. The van der Waals surface area contributed by atoms with E-state index in [9.17, 15) is 0 Å². The summed E-state index contributed by atoms with van der Waals surface area (Å²) in [6.45, 7) is 13.1. The number of nitrogens with zero attached hydrogens (tertiary/aromatic N) is 4. The first-order chi connectivity index (χ1) is 9.01. The van der Waals surface area contributed by atoms with Crippen molar-refractivity contribution < 1.29 is 0 Å². The molecule has 106 valence electrons. The third-order valence-electron chi connectivity index (χ3n) is 3.71. The largest absolute Gasteiger partial charge is 0.354 e. The zero-order valence-electron chi connectivity index (χ0n) is 12.2. The molecule has 2 rings (SSSR count). The van der Waals surface area contributed by atoms with E-state index >= 15 is 0 Å². The zero-order valence-corrected chi connectivity index (χ0v) is 13.8. The van der Waals surface area contributed by atoms with Gasteiger partial charge in [0.25, 0.3) is 0 Å². The predicted molar refractivity (Wildman–Crippen MR) is 82.7 cm³/mol. The quantitative estimate of drug-likeness (QED) is 0.799. The number of rotatable bonds is 3. The molecule has 0 saturated carbocycles. The monoisotopic (exact) mass is 326 g/mol. The molecule has 0 aliphatic carbocycles. The summed E-state index contributed by atoms with van der Waals surface area (Å²) in [5.41, 5.74) is 0. The zero-order chi connectivity index (χ0) is 14.0. The van der Waals surface area contributed by atoms with Gasteiger partial charge in [0.2, 0.25) is 0 Å². The number of halogens is 1. The number of hydrogen-bond acceptors (Lipinski definition) is 4. The van der Waals surface area contributed by atoms with Gasteiger partial charge in [-0.1, -0.05) is 20.8 Å². The third-order valence-corrected chi connectivity index (χ3v) is 4.12. The molecule has 1 aliphatic rings. The first kappa shape index (κ1) is 14.7. The Morgan fingerprint density at radius 3 is 2.68 bits per heavy atom.